The van der Waals surface area contributed by atoms with Crippen LogP contribution in [0.2, 0.25) is 0 Å². The average molecular weight is 353 g/mol. The van der Waals surface area contributed by atoms with E-state index in [1.165, 1.54) is 0 Å². The zero-order valence-electron chi connectivity index (χ0n) is 15.3. The molecule has 2 aromatic rings. The molecular weight excluding hydrogens is 330 g/mol. The number of nitrogens with one attached hydrogen (secondary N) is 1. The lowest BCUT2D eigenvalue weighted by atomic mass is 9.98. The molecular formula is C21H23NO4. The number of hydrogen-bond donors (Lipinski definition) is 1. The fourth-order valence-corrected chi connectivity index (χ4v) is 3.05. The van der Waals surface area contributed by atoms with Crippen molar-refractivity contribution in [3.8, 4) is 5.75 Å². The summed E-state index contributed by atoms with van der Waals surface area (Å²) in [5, 5.41) is 2.87. The first-order chi connectivity index (χ1) is 12.5. The second-order valence-corrected chi connectivity index (χ2v) is 6.74. The lowest BCUT2D eigenvalue weighted by Gasteiger charge is -2.16. The normalized spacial score (nSPS) is 12.5. The van der Waals surface area contributed by atoms with Gasteiger partial charge in [-0.15, -0.1) is 0 Å². The third-order valence-corrected chi connectivity index (χ3v) is 4.45. The number of ether oxygens (including phenoxy) is 2. The third-order valence-electron chi connectivity index (χ3n) is 4.45. The molecule has 0 spiro atoms. The van der Waals surface area contributed by atoms with Gasteiger partial charge in [-0.3, -0.25) is 4.79 Å². The van der Waals surface area contributed by atoms with Crippen molar-refractivity contribution in [2.24, 2.45) is 0 Å². The number of aryl methyl sites for hydroxylation is 1. The van der Waals surface area contributed by atoms with Gasteiger partial charge in [0.2, 0.25) is 0 Å². The molecule has 0 bridgehead atoms. The Kier molecular flexibility index (Phi) is 5.26. The molecule has 0 saturated heterocycles. The molecule has 1 aliphatic rings. The molecule has 0 fully saturated rings. The van der Waals surface area contributed by atoms with Crippen molar-refractivity contribution >= 4 is 17.6 Å². The molecule has 1 heterocycles. The number of carbonyl (C=O) groups excluding carboxylic acids is 2. The Hall–Kier alpha value is -2.82. The van der Waals surface area contributed by atoms with Crippen molar-refractivity contribution in [1.82, 2.24) is 0 Å². The summed E-state index contributed by atoms with van der Waals surface area (Å²) in [5.74, 6) is 0.226. The Morgan fingerprint density at radius 2 is 2.04 bits per heavy atom. The maximum absolute atomic E-state index is 12.3. The minimum Gasteiger partial charge on any atom is -0.493 e. The molecule has 0 saturated carbocycles. The van der Waals surface area contributed by atoms with Gasteiger partial charge in [-0.25, -0.2) is 4.79 Å². The van der Waals surface area contributed by atoms with Crippen LogP contribution < -0.4 is 10.1 Å². The Balaban J connectivity index is 1.62. The van der Waals surface area contributed by atoms with E-state index in [9.17, 15) is 9.59 Å². The predicted molar refractivity (Wildman–Crippen MR) is 99.8 cm³/mol. The standard InChI is InChI=1S/C21H23NO4/c1-13(2)17-6-4-5-14(3)20(17)22-19(23)12-26-21(24)16-7-8-18-15(11-16)9-10-25-18/h4-8,11,13H,9-10,12H2,1-3H3,(H,22,23). The highest BCUT2D eigenvalue weighted by Gasteiger charge is 2.17. The molecule has 5 heteroatoms. The number of fused-ring (bicyclic) bond motifs is 1. The topological polar surface area (TPSA) is 64.6 Å². The first kappa shape index (κ1) is 18.0. The monoisotopic (exact) mass is 353 g/mol. The number of rotatable bonds is 5. The van der Waals surface area contributed by atoms with Gasteiger partial charge in [0.25, 0.3) is 5.91 Å². The number of amides is 1. The molecule has 1 N–H and O–H groups in total. The predicted octanol–water partition coefficient (Wildman–Crippen LogP) is 3.85. The van der Waals surface area contributed by atoms with Crippen LogP contribution in [0.15, 0.2) is 36.4 Å². The fourth-order valence-electron chi connectivity index (χ4n) is 3.05. The van der Waals surface area contributed by atoms with Gasteiger partial charge < -0.3 is 14.8 Å². The van der Waals surface area contributed by atoms with Crippen molar-refractivity contribution in [2.75, 3.05) is 18.5 Å². The highest BCUT2D eigenvalue weighted by molar-refractivity contribution is 5.96. The minimum absolute atomic E-state index is 0.279. The van der Waals surface area contributed by atoms with E-state index < -0.39 is 5.97 Å². The average Bonchev–Trinajstić information content (AvgIpc) is 3.08. The van der Waals surface area contributed by atoms with Crippen LogP contribution in [0.4, 0.5) is 5.69 Å². The first-order valence-corrected chi connectivity index (χ1v) is 8.78. The number of hydrogen-bond acceptors (Lipinski definition) is 4. The van der Waals surface area contributed by atoms with Gasteiger partial charge in [-0.1, -0.05) is 32.0 Å². The summed E-state index contributed by atoms with van der Waals surface area (Å²) < 4.78 is 10.6. The van der Waals surface area contributed by atoms with E-state index in [0.717, 1.165) is 34.5 Å². The Bertz CT molecular complexity index is 842. The number of anilines is 1. The van der Waals surface area contributed by atoms with Gasteiger partial charge in [0.05, 0.1) is 12.2 Å². The van der Waals surface area contributed by atoms with E-state index >= 15 is 0 Å². The van der Waals surface area contributed by atoms with E-state index in [2.05, 4.69) is 19.2 Å². The molecule has 3 rings (SSSR count). The minimum atomic E-state index is -0.510. The van der Waals surface area contributed by atoms with Crippen LogP contribution in [-0.2, 0) is 16.0 Å². The molecule has 0 aliphatic carbocycles. The van der Waals surface area contributed by atoms with Gasteiger partial charge in [0.15, 0.2) is 6.61 Å². The highest BCUT2D eigenvalue weighted by Crippen LogP contribution is 2.28. The quantitative estimate of drug-likeness (QED) is 0.829. The lowest BCUT2D eigenvalue weighted by molar-refractivity contribution is -0.119. The van der Waals surface area contributed by atoms with Gasteiger partial charge >= 0.3 is 5.97 Å². The second-order valence-electron chi connectivity index (χ2n) is 6.74. The van der Waals surface area contributed by atoms with E-state index in [1.54, 1.807) is 18.2 Å². The Labute approximate surface area is 153 Å². The zero-order valence-corrected chi connectivity index (χ0v) is 15.3. The molecule has 2 aromatic carbocycles. The summed E-state index contributed by atoms with van der Waals surface area (Å²) >= 11 is 0. The molecule has 26 heavy (non-hydrogen) atoms. The van der Waals surface area contributed by atoms with E-state index in [0.29, 0.717) is 12.2 Å². The number of para-hydroxylation sites is 1. The largest absolute Gasteiger partial charge is 0.493 e. The number of benzene rings is 2. The van der Waals surface area contributed by atoms with Crippen LogP contribution in [0.3, 0.4) is 0 Å². The van der Waals surface area contributed by atoms with E-state index in [1.807, 2.05) is 25.1 Å². The van der Waals surface area contributed by atoms with Gasteiger partial charge in [0.1, 0.15) is 5.75 Å². The van der Waals surface area contributed by atoms with Crippen LogP contribution in [0.1, 0.15) is 46.8 Å². The lowest BCUT2D eigenvalue weighted by Crippen LogP contribution is -2.22. The van der Waals surface area contributed by atoms with E-state index in [4.69, 9.17) is 9.47 Å². The Morgan fingerprint density at radius 3 is 2.81 bits per heavy atom. The summed E-state index contributed by atoms with van der Waals surface area (Å²) in [6.45, 7) is 6.40. The summed E-state index contributed by atoms with van der Waals surface area (Å²) in [6.07, 6.45) is 0.780. The third kappa shape index (κ3) is 3.87. The molecule has 0 atom stereocenters. The summed E-state index contributed by atoms with van der Waals surface area (Å²) in [4.78, 5) is 24.5. The molecule has 0 unspecified atom stereocenters. The summed E-state index contributed by atoms with van der Waals surface area (Å²) in [6, 6.07) is 11.1. The highest BCUT2D eigenvalue weighted by atomic mass is 16.5. The van der Waals surface area contributed by atoms with Gasteiger partial charge in [-0.05, 0) is 47.7 Å². The first-order valence-electron chi connectivity index (χ1n) is 8.78. The molecule has 5 nitrogen and oxygen atoms in total. The van der Waals surface area contributed by atoms with Crippen LogP contribution in [-0.4, -0.2) is 25.1 Å². The van der Waals surface area contributed by atoms with Crippen molar-refractivity contribution in [3.05, 3.63) is 58.7 Å². The van der Waals surface area contributed by atoms with Crippen LogP contribution in [0.25, 0.3) is 0 Å². The number of carbonyl (C=O) groups is 2. The SMILES string of the molecule is Cc1cccc(C(C)C)c1NC(=O)COC(=O)c1ccc2c(c1)CCO2. The summed E-state index contributed by atoms with van der Waals surface area (Å²) in [5.41, 5.74) is 4.25. The van der Waals surface area contributed by atoms with Crippen molar-refractivity contribution in [3.63, 3.8) is 0 Å². The van der Waals surface area contributed by atoms with Crippen LogP contribution in [0.5, 0.6) is 5.75 Å². The molecule has 0 radical (unpaired) electrons. The molecule has 136 valence electrons. The molecule has 1 aliphatic heterocycles. The smallest absolute Gasteiger partial charge is 0.338 e. The van der Waals surface area contributed by atoms with Crippen molar-refractivity contribution in [1.29, 1.82) is 0 Å². The van der Waals surface area contributed by atoms with Crippen molar-refractivity contribution in [2.45, 2.75) is 33.1 Å². The second kappa shape index (κ2) is 7.60. The molecule has 1 amide bonds. The van der Waals surface area contributed by atoms with Crippen LogP contribution in [0, 0.1) is 6.92 Å². The maximum Gasteiger partial charge on any atom is 0.338 e. The fraction of sp³-hybridized carbons (Fsp3) is 0.333. The summed E-state index contributed by atoms with van der Waals surface area (Å²) in [7, 11) is 0. The van der Waals surface area contributed by atoms with Gasteiger partial charge in [0, 0.05) is 12.1 Å². The van der Waals surface area contributed by atoms with Crippen LogP contribution >= 0.6 is 0 Å². The van der Waals surface area contributed by atoms with E-state index in [-0.39, 0.29) is 18.4 Å². The van der Waals surface area contributed by atoms with Gasteiger partial charge in [-0.2, -0.15) is 0 Å². The maximum atomic E-state index is 12.3. The Morgan fingerprint density at radius 1 is 1.23 bits per heavy atom. The molecule has 0 aromatic heterocycles. The number of esters is 1. The zero-order chi connectivity index (χ0) is 18.7. The van der Waals surface area contributed by atoms with Crippen molar-refractivity contribution < 1.29 is 19.1 Å².